The SMILES string of the molecule is CC(C)OCC1N(C)C2CC1(F)C2. The van der Waals surface area contributed by atoms with Gasteiger partial charge in [-0.2, -0.15) is 0 Å². The monoisotopic (exact) mass is 187 g/mol. The summed E-state index contributed by atoms with van der Waals surface area (Å²) < 4.78 is 19.4. The van der Waals surface area contributed by atoms with Gasteiger partial charge in [-0.05, 0) is 33.7 Å². The first-order chi connectivity index (χ1) is 6.03. The van der Waals surface area contributed by atoms with Gasteiger partial charge in [0.05, 0.1) is 18.8 Å². The Morgan fingerprint density at radius 3 is 2.54 bits per heavy atom. The zero-order valence-electron chi connectivity index (χ0n) is 8.59. The maximum absolute atomic E-state index is 13.9. The lowest BCUT2D eigenvalue weighted by atomic mass is 9.80. The predicted octanol–water partition coefficient (Wildman–Crippen LogP) is 1.60. The molecule has 1 unspecified atom stereocenters. The van der Waals surface area contributed by atoms with Crippen LogP contribution in [0.1, 0.15) is 26.7 Å². The molecule has 1 aliphatic carbocycles. The van der Waals surface area contributed by atoms with Crippen molar-refractivity contribution in [2.45, 2.75) is 50.5 Å². The third kappa shape index (κ3) is 1.38. The van der Waals surface area contributed by atoms with Crippen LogP contribution in [0.15, 0.2) is 0 Å². The fraction of sp³-hybridized carbons (Fsp3) is 1.00. The summed E-state index contributed by atoms with van der Waals surface area (Å²) >= 11 is 0. The first-order valence-electron chi connectivity index (χ1n) is 5.05. The van der Waals surface area contributed by atoms with Crippen molar-refractivity contribution in [3.63, 3.8) is 0 Å². The van der Waals surface area contributed by atoms with Gasteiger partial charge in [-0.3, -0.25) is 4.90 Å². The number of halogens is 1. The second-order valence-corrected chi connectivity index (χ2v) is 4.66. The average molecular weight is 187 g/mol. The summed E-state index contributed by atoms with van der Waals surface area (Å²) in [6, 6.07) is 0.477. The summed E-state index contributed by atoms with van der Waals surface area (Å²) in [5, 5.41) is 0. The normalized spacial score (nSPS) is 44.1. The van der Waals surface area contributed by atoms with Gasteiger partial charge in [-0.25, -0.2) is 4.39 Å². The standard InChI is InChI=1S/C10H18FNO/c1-7(2)13-6-9-10(11)4-8(5-10)12(9)3/h7-9H,4-6H2,1-3H3. The number of alkyl halides is 1. The van der Waals surface area contributed by atoms with Gasteiger partial charge >= 0.3 is 0 Å². The zero-order chi connectivity index (χ0) is 9.64. The number of rotatable bonds is 3. The van der Waals surface area contributed by atoms with Gasteiger partial charge in [-0.1, -0.05) is 0 Å². The molecule has 0 radical (unpaired) electrons. The number of likely N-dealkylation sites (N-methyl/N-ethyl adjacent to an activating group) is 1. The van der Waals surface area contributed by atoms with Crippen LogP contribution >= 0.6 is 0 Å². The summed E-state index contributed by atoms with van der Waals surface area (Å²) in [7, 11) is 2.01. The van der Waals surface area contributed by atoms with E-state index in [2.05, 4.69) is 4.90 Å². The number of hydrogen-bond donors (Lipinski definition) is 0. The first-order valence-corrected chi connectivity index (χ1v) is 5.05. The van der Waals surface area contributed by atoms with Crippen molar-refractivity contribution in [3.05, 3.63) is 0 Å². The molecule has 0 aromatic heterocycles. The molecule has 2 aliphatic heterocycles. The molecule has 1 atom stereocenters. The van der Waals surface area contributed by atoms with Crippen molar-refractivity contribution >= 4 is 0 Å². The van der Waals surface area contributed by atoms with Gasteiger partial charge in [0, 0.05) is 6.04 Å². The second kappa shape index (κ2) is 2.92. The highest BCUT2D eigenvalue weighted by molar-refractivity contribution is 5.15. The van der Waals surface area contributed by atoms with Crippen molar-refractivity contribution in [1.29, 1.82) is 0 Å². The molecule has 3 aliphatic rings. The minimum absolute atomic E-state index is 0.0000926. The van der Waals surface area contributed by atoms with Crippen molar-refractivity contribution < 1.29 is 9.13 Å². The fourth-order valence-corrected chi connectivity index (χ4v) is 2.45. The number of fused-ring (bicyclic) bond motifs is 1. The second-order valence-electron chi connectivity index (χ2n) is 4.66. The molecule has 2 bridgehead atoms. The Kier molecular flexibility index (Phi) is 2.11. The third-order valence-electron chi connectivity index (χ3n) is 3.40. The maximum atomic E-state index is 13.9. The predicted molar refractivity (Wildman–Crippen MR) is 49.5 cm³/mol. The lowest BCUT2D eigenvalue weighted by molar-refractivity contribution is 0.00725. The number of nitrogens with zero attached hydrogens (tertiary/aromatic N) is 1. The van der Waals surface area contributed by atoms with E-state index in [1.807, 2.05) is 20.9 Å². The summed E-state index contributed by atoms with van der Waals surface area (Å²) in [4.78, 5) is 2.14. The lowest BCUT2D eigenvalue weighted by Crippen LogP contribution is -2.42. The van der Waals surface area contributed by atoms with Gasteiger partial charge in [0.15, 0.2) is 0 Å². The van der Waals surface area contributed by atoms with Crippen LogP contribution in [0.4, 0.5) is 4.39 Å². The average Bonchev–Trinajstić information content (AvgIpc) is 2.32. The fourth-order valence-electron chi connectivity index (χ4n) is 2.45. The van der Waals surface area contributed by atoms with Crippen LogP contribution in [0.5, 0.6) is 0 Å². The molecule has 1 saturated carbocycles. The van der Waals surface area contributed by atoms with Crippen LogP contribution < -0.4 is 0 Å². The van der Waals surface area contributed by atoms with Crippen molar-refractivity contribution in [3.8, 4) is 0 Å². The summed E-state index contributed by atoms with van der Waals surface area (Å²) in [6.07, 6.45) is 1.64. The molecule has 0 N–H and O–H groups in total. The van der Waals surface area contributed by atoms with Crippen LogP contribution in [-0.4, -0.2) is 42.4 Å². The number of hydrogen-bond acceptors (Lipinski definition) is 2. The molecule has 0 spiro atoms. The lowest BCUT2D eigenvalue weighted by Gasteiger charge is -2.31. The zero-order valence-corrected chi connectivity index (χ0v) is 8.59. The molecule has 3 rings (SSSR count). The van der Waals surface area contributed by atoms with E-state index in [1.165, 1.54) is 0 Å². The smallest absolute Gasteiger partial charge is 0.131 e. The van der Waals surface area contributed by atoms with Gasteiger partial charge in [-0.15, -0.1) is 0 Å². The van der Waals surface area contributed by atoms with Crippen molar-refractivity contribution in [1.82, 2.24) is 4.90 Å². The largest absolute Gasteiger partial charge is 0.377 e. The summed E-state index contributed by atoms with van der Waals surface area (Å²) in [5.74, 6) is 0. The first kappa shape index (κ1) is 9.41. The highest BCUT2D eigenvalue weighted by Gasteiger charge is 2.61. The highest BCUT2D eigenvalue weighted by Crippen LogP contribution is 2.51. The molecular weight excluding hydrogens is 169 g/mol. The molecule has 3 heteroatoms. The number of ether oxygens (including phenoxy) is 1. The van der Waals surface area contributed by atoms with Crippen LogP contribution in [0.2, 0.25) is 0 Å². The van der Waals surface area contributed by atoms with E-state index in [1.54, 1.807) is 0 Å². The minimum atomic E-state index is -0.936. The topological polar surface area (TPSA) is 12.5 Å². The van der Waals surface area contributed by atoms with E-state index < -0.39 is 5.67 Å². The van der Waals surface area contributed by atoms with Crippen LogP contribution in [0.3, 0.4) is 0 Å². The van der Waals surface area contributed by atoms with E-state index >= 15 is 0 Å². The summed E-state index contributed by atoms with van der Waals surface area (Å²) in [6.45, 7) is 4.52. The van der Waals surface area contributed by atoms with E-state index in [0.29, 0.717) is 12.6 Å². The van der Waals surface area contributed by atoms with Gasteiger partial charge in [0.1, 0.15) is 5.67 Å². The van der Waals surface area contributed by atoms with Crippen molar-refractivity contribution in [2.75, 3.05) is 13.7 Å². The Balaban J connectivity index is 1.92. The maximum Gasteiger partial charge on any atom is 0.131 e. The van der Waals surface area contributed by atoms with Crippen LogP contribution in [0, 0.1) is 0 Å². The van der Waals surface area contributed by atoms with Crippen molar-refractivity contribution in [2.24, 2.45) is 0 Å². The molecule has 0 aromatic carbocycles. The van der Waals surface area contributed by atoms with Gasteiger partial charge in [0.2, 0.25) is 0 Å². The molecule has 2 saturated heterocycles. The third-order valence-corrected chi connectivity index (χ3v) is 3.40. The summed E-state index contributed by atoms with van der Waals surface area (Å²) in [5.41, 5.74) is -0.936. The Hall–Kier alpha value is -0.150. The molecule has 2 nitrogen and oxygen atoms in total. The molecule has 2 heterocycles. The Morgan fingerprint density at radius 1 is 1.54 bits per heavy atom. The molecule has 3 fully saturated rings. The quantitative estimate of drug-likeness (QED) is 0.665. The molecule has 0 aromatic rings. The molecule has 13 heavy (non-hydrogen) atoms. The van der Waals surface area contributed by atoms with Gasteiger partial charge < -0.3 is 4.74 Å². The van der Waals surface area contributed by atoms with Gasteiger partial charge in [0.25, 0.3) is 0 Å². The van der Waals surface area contributed by atoms with E-state index in [4.69, 9.17) is 4.74 Å². The van der Waals surface area contributed by atoms with Crippen LogP contribution in [0.25, 0.3) is 0 Å². The minimum Gasteiger partial charge on any atom is -0.377 e. The van der Waals surface area contributed by atoms with Crippen LogP contribution in [-0.2, 0) is 4.74 Å². The molecular formula is C10H18FNO. The van der Waals surface area contributed by atoms with E-state index in [9.17, 15) is 4.39 Å². The Morgan fingerprint density at radius 2 is 2.15 bits per heavy atom. The highest BCUT2D eigenvalue weighted by atomic mass is 19.1. The van der Waals surface area contributed by atoms with E-state index in [0.717, 1.165) is 12.8 Å². The molecule has 0 amide bonds. The Bertz CT molecular complexity index is 201. The Labute approximate surface area is 79.1 Å². The molecule has 76 valence electrons. The van der Waals surface area contributed by atoms with E-state index in [-0.39, 0.29) is 12.1 Å².